The van der Waals surface area contributed by atoms with Gasteiger partial charge in [0.25, 0.3) is 17.7 Å². The van der Waals surface area contributed by atoms with Gasteiger partial charge in [-0.1, -0.05) is 37.8 Å². The number of hydrogen-bond acceptors (Lipinski definition) is 7. The van der Waals surface area contributed by atoms with Crippen LogP contribution in [0.25, 0.3) is 0 Å². The van der Waals surface area contributed by atoms with Gasteiger partial charge < -0.3 is 26.6 Å². The molecule has 6 amide bonds. The standard InChI is InChI=1S/C28H41N6O7S/c29-23(36)28-15-8-16-34(28)22(35)21(31-26(39)30-19-10-6-7-11-19)12-5-3-1-2-4-9-18-17-27(18,32-25(28)38)24(37)33-42(40,41)20-13-14-20/h4,8-9,18-21H,1-3,5-7,10-17H2,(H2,29,36)(H,32,38)(H,33,37)(H2,30,31,39)/b9-4+. The first-order chi connectivity index (χ1) is 20.0. The smallest absolute Gasteiger partial charge is 0.315 e. The minimum absolute atomic E-state index is 0.0299. The quantitative estimate of drug-likeness (QED) is 0.211. The molecular weight excluding hydrogens is 564 g/mol. The lowest BCUT2D eigenvalue weighted by atomic mass is 9.92. The number of nitrogens with zero attached hydrogens (tertiary/aromatic N) is 1. The van der Waals surface area contributed by atoms with E-state index in [1.807, 2.05) is 6.08 Å². The summed E-state index contributed by atoms with van der Waals surface area (Å²) in [7, 11) is -3.90. The fourth-order valence-corrected chi connectivity index (χ4v) is 7.79. The predicted octanol–water partition coefficient (Wildman–Crippen LogP) is 0.261. The molecule has 4 atom stereocenters. The van der Waals surface area contributed by atoms with Crippen molar-refractivity contribution in [3.05, 3.63) is 18.6 Å². The number of fused-ring (bicyclic) bond motifs is 2. The third-order valence-electron chi connectivity index (χ3n) is 9.24. The van der Waals surface area contributed by atoms with E-state index in [0.717, 1.165) is 43.4 Å². The highest BCUT2D eigenvalue weighted by Crippen LogP contribution is 2.46. The second-order valence-corrected chi connectivity index (χ2v) is 14.3. The molecule has 5 aliphatic rings. The molecule has 0 spiro atoms. The monoisotopic (exact) mass is 605 g/mol. The minimum atomic E-state index is -3.90. The van der Waals surface area contributed by atoms with Gasteiger partial charge in [-0.2, -0.15) is 0 Å². The van der Waals surface area contributed by atoms with Crippen molar-refractivity contribution in [2.45, 2.75) is 112 Å². The molecule has 0 aromatic rings. The summed E-state index contributed by atoms with van der Waals surface area (Å²) in [5.41, 5.74) is 2.07. The Morgan fingerprint density at radius 3 is 2.38 bits per heavy atom. The van der Waals surface area contributed by atoms with Gasteiger partial charge in [-0.05, 0) is 64.2 Å². The van der Waals surface area contributed by atoms with Crippen LogP contribution in [0.3, 0.4) is 0 Å². The summed E-state index contributed by atoms with van der Waals surface area (Å²) in [5.74, 6) is -4.00. The molecule has 0 aromatic heterocycles. The summed E-state index contributed by atoms with van der Waals surface area (Å²) in [4.78, 5) is 68.3. The Kier molecular flexibility index (Phi) is 8.55. The maximum Gasteiger partial charge on any atom is 0.315 e. The summed E-state index contributed by atoms with van der Waals surface area (Å²) in [6.07, 6.45) is 13.1. The van der Waals surface area contributed by atoms with E-state index < -0.39 is 68.0 Å². The molecule has 3 saturated carbocycles. The molecule has 1 radical (unpaired) electrons. The van der Waals surface area contributed by atoms with Crippen LogP contribution in [0.5, 0.6) is 0 Å². The van der Waals surface area contributed by atoms with Crippen molar-refractivity contribution < 1.29 is 32.4 Å². The van der Waals surface area contributed by atoms with Crippen LogP contribution in [0, 0.1) is 12.3 Å². The van der Waals surface area contributed by atoms with E-state index in [-0.39, 0.29) is 25.4 Å². The Labute approximate surface area is 246 Å². The van der Waals surface area contributed by atoms with Crippen molar-refractivity contribution in [2.75, 3.05) is 6.54 Å². The van der Waals surface area contributed by atoms with E-state index in [1.165, 1.54) is 0 Å². The lowest BCUT2D eigenvalue weighted by molar-refractivity contribution is -0.154. The Hall–Kier alpha value is -3.16. The number of carbonyl (C=O) groups excluding carboxylic acids is 5. The highest BCUT2D eigenvalue weighted by atomic mass is 32.2. The molecule has 0 aromatic carbocycles. The van der Waals surface area contributed by atoms with Crippen molar-refractivity contribution in [3.8, 4) is 0 Å². The van der Waals surface area contributed by atoms with Gasteiger partial charge in [-0.3, -0.25) is 23.9 Å². The number of hydrogen-bond donors (Lipinski definition) is 5. The highest BCUT2D eigenvalue weighted by Gasteiger charge is 2.65. The van der Waals surface area contributed by atoms with E-state index >= 15 is 0 Å². The van der Waals surface area contributed by atoms with Crippen LogP contribution in [0.2, 0.25) is 0 Å². The molecule has 4 fully saturated rings. The first-order valence-electron chi connectivity index (χ1n) is 15.0. The molecule has 3 aliphatic carbocycles. The number of primary amides is 1. The van der Waals surface area contributed by atoms with E-state index in [9.17, 15) is 32.4 Å². The van der Waals surface area contributed by atoms with Crippen molar-refractivity contribution >= 4 is 39.7 Å². The fraction of sp³-hybridized carbons (Fsp3) is 0.714. The second kappa shape index (κ2) is 11.8. The van der Waals surface area contributed by atoms with Crippen LogP contribution >= 0.6 is 0 Å². The Morgan fingerprint density at radius 2 is 1.69 bits per heavy atom. The Balaban J connectivity index is 1.42. The number of nitrogens with one attached hydrogen (secondary N) is 4. The van der Waals surface area contributed by atoms with Crippen LogP contribution in [0.15, 0.2) is 12.2 Å². The van der Waals surface area contributed by atoms with Crippen molar-refractivity contribution in [3.63, 3.8) is 0 Å². The number of allylic oxidation sites excluding steroid dienone is 1. The molecule has 2 heterocycles. The van der Waals surface area contributed by atoms with Crippen molar-refractivity contribution in [1.82, 2.24) is 25.6 Å². The molecule has 14 heteroatoms. The number of rotatable bonds is 6. The van der Waals surface area contributed by atoms with Crippen LogP contribution in [-0.4, -0.2) is 77.9 Å². The average Bonchev–Trinajstić information content (AvgIpc) is 3.79. The number of sulfonamides is 1. The normalized spacial score (nSPS) is 33.3. The molecule has 5 rings (SSSR count). The van der Waals surface area contributed by atoms with Crippen molar-refractivity contribution in [2.24, 2.45) is 11.7 Å². The number of nitrogens with two attached hydrogens (primary N) is 1. The van der Waals surface area contributed by atoms with Gasteiger partial charge >= 0.3 is 6.03 Å². The Morgan fingerprint density at radius 1 is 0.976 bits per heavy atom. The van der Waals surface area contributed by atoms with Crippen LogP contribution in [-0.2, 0) is 29.2 Å². The topological polar surface area (TPSA) is 197 Å². The summed E-state index contributed by atoms with van der Waals surface area (Å²) in [5, 5.41) is 7.70. The second-order valence-electron chi connectivity index (χ2n) is 12.3. The molecule has 2 aliphatic heterocycles. The van der Waals surface area contributed by atoms with E-state index in [0.29, 0.717) is 32.1 Å². The molecule has 0 bridgehead atoms. The zero-order chi connectivity index (χ0) is 30.1. The largest absolute Gasteiger partial charge is 0.367 e. The Bertz CT molecular complexity index is 1260. The summed E-state index contributed by atoms with van der Waals surface area (Å²) >= 11 is 0. The first kappa shape index (κ1) is 30.3. The van der Waals surface area contributed by atoms with Gasteiger partial charge in [0.05, 0.1) is 5.25 Å². The van der Waals surface area contributed by atoms with E-state index in [1.54, 1.807) is 12.5 Å². The summed E-state index contributed by atoms with van der Waals surface area (Å²) < 4.78 is 27.3. The molecule has 13 nitrogen and oxygen atoms in total. The fourth-order valence-electron chi connectivity index (χ4n) is 6.43. The van der Waals surface area contributed by atoms with Gasteiger partial charge in [0, 0.05) is 18.5 Å². The number of urea groups is 1. The molecular formula is C28H41N6O7S. The molecule has 1 saturated heterocycles. The summed E-state index contributed by atoms with van der Waals surface area (Å²) in [6, 6.07) is -1.45. The molecule has 6 N–H and O–H groups in total. The third kappa shape index (κ3) is 6.00. The molecule has 231 valence electrons. The van der Waals surface area contributed by atoms with E-state index in [4.69, 9.17) is 5.73 Å². The van der Waals surface area contributed by atoms with Gasteiger partial charge in [0.2, 0.25) is 21.5 Å². The molecule has 42 heavy (non-hydrogen) atoms. The zero-order valence-corrected chi connectivity index (χ0v) is 24.5. The van der Waals surface area contributed by atoms with E-state index in [2.05, 4.69) is 20.7 Å². The predicted molar refractivity (Wildman–Crippen MR) is 152 cm³/mol. The highest BCUT2D eigenvalue weighted by molar-refractivity contribution is 7.91. The third-order valence-corrected chi connectivity index (χ3v) is 11.1. The minimum Gasteiger partial charge on any atom is -0.367 e. The van der Waals surface area contributed by atoms with Gasteiger partial charge in [0.1, 0.15) is 11.6 Å². The lowest BCUT2D eigenvalue weighted by Crippen LogP contribution is -2.69. The zero-order valence-electron chi connectivity index (χ0n) is 23.7. The van der Waals surface area contributed by atoms with Gasteiger partial charge in [-0.15, -0.1) is 0 Å². The van der Waals surface area contributed by atoms with Gasteiger partial charge in [-0.25, -0.2) is 13.2 Å². The van der Waals surface area contributed by atoms with Crippen LogP contribution in [0.4, 0.5) is 4.79 Å². The van der Waals surface area contributed by atoms with Crippen LogP contribution < -0.4 is 26.4 Å². The SMILES string of the molecule is NC(=O)C12C[CH]CN1C(=O)C(NC(=O)NC1CCCC1)CCCCC/C=C/C1CC1(C(=O)NS(=O)(=O)C1CC1)NC2=O. The van der Waals surface area contributed by atoms with Gasteiger partial charge in [0.15, 0.2) is 0 Å². The number of amides is 6. The van der Waals surface area contributed by atoms with Crippen LogP contribution in [0.1, 0.15) is 83.5 Å². The summed E-state index contributed by atoms with van der Waals surface area (Å²) in [6.45, 7) is -0.0593. The first-order valence-corrected chi connectivity index (χ1v) is 16.6. The number of carbonyl (C=O) groups is 5. The van der Waals surface area contributed by atoms with Crippen molar-refractivity contribution in [1.29, 1.82) is 0 Å². The lowest BCUT2D eigenvalue weighted by Gasteiger charge is -2.37. The maximum atomic E-state index is 14.0. The maximum absolute atomic E-state index is 14.0. The molecule has 4 unspecified atom stereocenters. The average molecular weight is 606 g/mol.